The highest BCUT2D eigenvalue weighted by Crippen LogP contribution is 2.35. The summed E-state index contributed by atoms with van der Waals surface area (Å²) < 4.78 is 84.0. The number of nitrogens with zero attached hydrogens (tertiary/aromatic N) is 2. The summed E-state index contributed by atoms with van der Waals surface area (Å²) in [6.45, 7) is 2.07. The fourth-order valence-corrected chi connectivity index (χ4v) is 6.32. The van der Waals surface area contributed by atoms with Crippen molar-refractivity contribution in [3.05, 3.63) is 65.5 Å². The number of carbonyl (C=O) groups is 1. The van der Waals surface area contributed by atoms with Gasteiger partial charge in [-0.2, -0.15) is 13.2 Å². The first kappa shape index (κ1) is 25.4. The Bertz CT molecular complexity index is 1150. The van der Waals surface area contributed by atoms with Crippen LogP contribution in [0.15, 0.2) is 53.4 Å². The predicted octanol–water partition coefficient (Wildman–Crippen LogP) is 4.18. The van der Waals surface area contributed by atoms with Gasteiger partial charge < -0.3 is 14.5 Å². The highest BCUT2D eigenvalue weighted by Gasteiger charge is 2.36. The molecule has 0 radical (unpaired) electrons. The number of alkyl halides is 3. The second-order valence-electron chi connectivity index (χ2n) is 8.94. The second-order valence-corrected chi connectivity index (χ2v) is 11.0. The van der Waals surface area contributed by atoms with E-state index in [1.807, 2.05) is 0 Å². The Morgan fingerprint density at radius 3 is 2.31 bits per heavy atom. The molecule has 2 saturated heterocycles. The first-order valence-corrected chi connectivity index (χ1v) is 13.0. The highest BCUT2D eigenvalue weighted by molar-refractivity contribution is 7.91. The molecule has 2 fully saturated rings. The summed E-state index contributed by atoms with van der Waals surface area (Å²) in [7, 11) is -3.85. The van der Waals surface area contributed by atoms with Crippen LogP contribution in [-0.4, -0.2) is 69.4 Å². The van der Waals surface area contributed by atoms with E-state index in [1.54, 1.807) is 9.80 Å². The smallest absolute Gasteiger partial charge is 0.378 e. The zero-order valence-corrected chi connectivity index (χ0v) is 19.7. The monoisotopic (exact) mass is 514 g/mol. The number of carbonyl (C=O) groups excluding carboxylic acids is 1. The summed E-state index contributed by atoms with van der Waals surface area (Å²) in [5.74, 6) is -1.79. The van der Waals surface area contributed by atoms with E-state index in [9.17, 15) is 30.8 Å². The van der Waals surface area contributed by atoms with Gasteiger partial charge in [-0.15, -0.1) is 0 Å². The molecule has 2 aliphatic rings. The molecule has 0 spiro atoms. The molecule has 2 aliphatic heterocycles. The standard InChI is InChI=1S/C24H26F4N2O4S/c25-21-2-1-3-22(13-21)35(32,33)16-17-12-19(18-4-6-20(7-5-18)24(26,27)28)15-30(14-17)23(31)29-8-10-34-11-9-29/h1-7,13,17,19H,8-12,14-16H2. The Morgan fingerprint density at radius 2 is 1.69 bits per heavy atom. The normalized spacial score (nSPS) is 21.7. The number of urea groups is 1. The number of benzene rings is 2. The van der Waals surface area contributed by atoms with Crippen LogP contribution in [-0.2, 0) is 20.8 Å². The van der Waals surface area contributed by atoms with Gasteiger partial charge in [-0.05, 0) is 48.2 Å². The quantitative estimate of drug-likeness (QED) is 0.575. The fraction of sp³-hybridized carbons (Fsp3) is 0.458. The van der Waals surface area contributed by atoms with Crippen LogP contribution in [0.25, 0.3) is 0 Å². The topological polar surface area (TPSA) is 66.9 Å². The van der Waals surface area contributed by atoms with E-state index in [2.05, 4.69) is 0 Å². The zero-order valence-electron chi connectivity index (χ0n) is 18.9. The van der Waals surface area contributed by atoms with E-state index in [1.165, 1.54) is 24.3 Å². The van der Waals surface area contributed by atoms with Crippen molar-refractivity contribution < 1.29 is 35.5 Å². The molecule has 2 atom stereocenters. The van der Waals surface area contributed by atoms with Gasteiger partial charge in [0.05, 0.1) is 29.4 Å². The molecule has 190 valence electrons. The van der Waals surface area contributed by atoms with Gasteiger partial charge in [0.2, 0.25) is 0 Å². The molecular formula is C24H26F4N2O4S. The van der Waals surface area contributed by atoms with Gasteiger partial charge in [-0.25, -0.2) is 17.6 Å². The van der Waals surface area contributed by atoms with Gasteiger partial charge in [-0.1, -0.05) is 18.2 Å². The summed E-state index contributed by atoms with van der Waals surface area (Å²) >= 11 is 0. The lowest BCUT2D eigenvalue weighted by Crippen LogP contribution is -2.53. The molecular weight excluding hydrogens is 488 g/mol. The number of hydrogen-bond acceptors (Lipinski definition) is 4. The summed E-state index contributed by atoms with van der Waals surface area (Å²) in [4.78, 5) is 16.3. The van der Waals surface area contributed by atoms with Gasteiger partial charge in [0, 0.05) is 32.1 Å². The summed E-state index contributed by atoms with van der Waals surface area (Å²) in [5.41, 5.74) is -0.172. The number of rotatable bonds is 4. The number of halogens is 4. The first-order valence-electron chi connectivity index (χ1n) is 11.3. The molecule has 2 heterocycles. The molecule has 0 N–H and O–H groups in total. The van der Waals surface area contributed by atoms with Crippen molar-refractivity contribution in [1.82, 2.24) is 9.80 Å². The van der Waals surface area contributed by atoms with Crippen molar-refractivity contribution in [3.63, 3.8) is 0 Å². The van der Waals surface area contributed by atoms with Crippen LogP contribution >= 0.6 is 0 Å². The molecule has 2 aromatic carbocycles. The van der Waals surface area contributed by atoms with Crippen LogP contribution in [0.5, 0.6) is 0 Å². The van der Waals surface area contributed by atoms with Gasteiger partial charge in [0.25, 0.3) is 0 Å². The highest BCUT2D eigenvalue weighted by atomic mass is 32.2. The third kappa shape index (κ3) is 6.13. The SMILES string of the molecule is O=C(N1CCOCC1)N1CC(CS(=O)(=O)c2cccc(F)c2)CC(c2ccc(C(F)(F)F)cc2)C1. The van der Waals surface area contributed by atoms with E-state index in [0.29, 0.717) is 38.3 Å². The van der Waals surface area contributed by atoms with Crippen molar-refractivity contribution in [3.8, 4) is 0 Å². The van der Waals surface area contributed by atoms with Crippen molar-refractivity contribution in [2.24, 2.45) is 5.92 Å². The Morgan fingerprint density at radius 1 is 1.00 bits per heavy atom. The van der Waals surface area contributed by atoms with Crippen LogP contribution in [0, 0.1) is 11.7 Å². The van der Waals surface area contributed by atoms with Gasteiger partial charge in [0.1, 0.15) is 5.82 Å². The average molecular weight is 515 g/mol. The van der Waals surface area contributed by atoms with Gasteiger partial charge in [-0.3, -0.25) is 0 Å². The lowest BCUT2D eigenvalue weighted by Gasteiger charge is -2.41. The van der Waals surface area contributed by atoms with E-state index in [-0.39, 0.29) is 35.7 Å². The van der Waals surface area contributed by atoms with Gasteiger partial charge in [0.15, 0.2) is 9.84 Å². The van der Waals surface area contributed by atoms with Crippen molar-refractivity contribution >= 4 is 15.9 Å². The molecule has 2 amide bonds. The minimum Gasteiger partial charge on any atom is -0.378 e. The molecule has 4 rings (SSSR count). The molecule has 11 heteroatoms. The van der Waals surface area contributed by atoms with Crippen LogP contribution in [0.4, 0.5) is 22.4 Å². The molecule has 0 bridgehead atoms. The van der Waals surface area contributed by atoms with Gasteiger partial charge >= 0.3 is 12.2 Å². The molecule has 0 saturated carbocycles. The summed E-state index contributed by atoms with van der Waals surface area (Å²) in [6, 6.07) is 9.27. The zero-order chi connectivity index (χ0) is 25.2. The van der Waals surface area contributed by atoms with Crippen LogP contribution in [0.1, 0.15) is 23.5 Å². The maximum Gasteiger partial charge on any atom is 0.416 e. The number of piperidine rings is 1. The first-order chi connectivity index (χ1) is 16.5. The number of sulfone groups is 1. The third-order valence-electron chi connectivity index (χ3n) is 6.41. The van der Waals surface area contributed by atoms with E-state index in [0.717, 1.165) is 24.3 Å². The molecule has 2 unspecified atom stereocenters. The van der Waals surface area contributed by atoms with E-state index in [4.69, 9.17) is 4.74 Å². The molecule has 35 heavy (non-hydrogen) atoms. The lowest BCUT2D eigenvalue weighted by molar-refractivity contribution is -0.137. The predicted molar refractivity (Wildman–Crippen MR) is 120 cm³/mol. The van der Waals surface area contributed by atoms with Crippen molar-refractivity contribution in [1.29, 1.82) is 0 Å². The third-order valence-corrected chi connectivity index (χ3v) is 8.29. The van der Waals surface area contributed by atoms with Crippen LogP contribution < -0.4 is 0 Å². The number of morpholine rings is 1. The largest absolute Gasteiger partial charge is 0.416 e. The van der Waals surface area contributed by atoms with Crippen molar-refractivity contribution in [2.75, 3.05) is 45.1 Å². The Kier molecular flexibility index (Phi) is 7.37. The van der Waals surface area contributed by atoms with Crippen LogP contribution in [0.2, 0.25) is 0 Å². The number of likely N-dealkylation sites (tertiary alicyclic amines) is 1. The number of amides is 2. The van der Waals surface area contributed by atoms with Crippen LogP contribution in [0.3, 0.4) is 0 Å². The number of ether oxygens (including phenoxy) is 1. The Hall–Kier alpha value is -2.66. The minimum absolute atomic E-state index is 0.139. The van der Waals surface area contributed by atoms with Crippen molar-refractivity contribution in [2.45, 2.75) is 23.4 Å². The summed E-state index contributed by atoms with van der Waals surface area (Å²) in [6.07, 6.45) is -4.10. The van der Waals surface area contributed by atoms with E-state index < -0.39 is 33.3 Å². The molecule has 2 aromatic rings. The molecule has 0 aromatic heterocycles. The number of hydrogen-bond donors (Lipinski definition) is 0. The minimum atomic E-state index is -4.47. The lowest BCUT2D eigenvalue weighted by atomic mass is 9.85. The fourth-order valence-electron chi connectivity index (χ4n) is 4.69. The molecule has 0 aliphatic carbocycles. The summed E-state index contributed by atoms with van der Waals surface area (Å²) in [5, 5.41) is 0. The maximum atomic E-state index is 13.6. The Labute approximate surface area is 201 Å². The molecule has 6 nitrogen and oxygen atoms in total. The average Bonchev–Trinajstić information content (AvgIpc) is 2.83. The maximum absolute atomic E-state index is 13.6. The van der Waals surface area contributed by atoms with E-state index >= 15 is 0 Å². The Balaban J connectivity index is 1.58. The second kappa shape index (κ2) is 10.1.